The Morgan fingerprint density at radius 1 is 1.24 bits per heavy atom. The van der Waals surface area contributed by atoms with Crippen molar-refractivity contribution in [1.82, 2.24) is 20.4 Å². The number of urea groups is 1. The van der Waals surface area contributed by atoms with Gasteiger partial charge in [-0.25, -0.2) is 9.48 Å². The number of carbonyl (C=O) groups excluding carboxylic acids is 1. The van der Waals surface area contributed by atoms with E-state index in [1.807, 2.05) is 62.7 Å². The van der Waals surface area contributed by atoms with Crippen LogP contribution < -0.4 is 10.6 Å². The molecule has 2 rings (SSSR count). The van der Waals surface area contributed by atoms with Crippen molar-refractivity contribution in [3.63, 3.8) is 0 Å². The van der Waals surface area contributed by atoms with Gasteiger partial charge >= 0.3 is 6.03 Å². The average Bonchev–Trinajstić information content (AvgIpc) is 2.89. The van der Waals surface area contributed by atoms with Crippen molar-refractivity contribution >= 4 is 6.03 Å². The van der Waals surface area contributed by atoms with Crippen LogP contribution in [0.5, 0.6) is 0 Å². The van der Waals surface area contributed by atoms with Crippen LogP contribution in [0.15, 0.2) is 30.3 Å². The molecule has 0 spiro atoms. The minimum Gasteiger partial charge on any atom is -0.391 e. The van der Waals surface area contributed by atoms with Crippen LogP contribution in [0.2, 0.25) is 0 Å². The molecule has 0 aliphatic rings. The van der Waals surface area contributed by atoms with Crippen molar-refractivity contribution in [1.29, 1.82) is 0 Å². The molecule has 136 valence electrons. The first-order valence-corrected chi connectivity index (χ1v) is 8.68. The predicted octanol–water partition coefficient (Wildman–Crippen LogP) is 2.70. The summed E-state index contributed by atoms with van der Waals surface area (Å²) in [5, 5.41) is 19.9. The van der Waals surface area contributed by atoms with E-state index in [1.165, 1.54) is 0 Å². The maximum atomic E-state index is 12.0. The highest BCUT2D eigenvalue weighted by atomic mass is 16.3. The fourth-order valence-corrected chi connectivity index (χ4v) is 2.82. The Labute approximate surface area is 149 Å². The molecule has 1 atom stereocenters. The van der Waals surface area contributed by atoms with E-state index < -0.39 is 6.10 Å². The summed E-state index contributed by atoms with van der Waals surface area (Å²) in [4.78, 5) is 12.0. The molecule has 1 aromatic heterocycles. The van der Waals surface area contributed by atoms with Gasteiger partial charge in [0, 0.05) is 18.8 Å². The summed E-state index contributed by atoms with van der Waals surface area (Å²) in [5.74, 6) is 0.396. The second-order valence-corrected chi connectivity index (χ2v) is 6.81. The number of nitrogens with zero attached hydrogens (tertiary/aromatic N) is 2. The first-order chi connectivity index (χ1) is 11.9. The zero-order chi connectivity index (χ0) is 18.4. The number of aliphatic hydroxyl groups excluding tert-OH is 1. The van der Waals surface area contributed by atoms with Crippen LogP contribution in [0.25, 0.3) is 5.69 Å². The molecule has 1 aromatic carbocycles. The summed E-state index contributed by atoms with van der Waals surface area (Å²) < 4.78 is 1.89. The number of nitrogens with one attached hydrogen (secondary N) is 2. The lowest BCUT2D eigenvalue weighted by molar-refractivity contribution is 0.147. The number of aromatic nitrogens is 2. The topological polar surface area (TPSA) is 79.2 Å². The molecule has 0 saturated carbocycles. The van der Waals surface area contributed by atoms with Gasteiger partial charge in [0.05, 0.1) is 17.5 Å². The SMILES string of the molecule is Cc1cc(C)n(-c2ccccc2CNC(=O)NCC(O)CC(C)C)n1. The highest BCUT2D eigenvalue weighted by Gasteiger charge is 2.11. The maximum absolute atomic E-state index is 12.0. The van der Waals surface area contributed by atoms with E-state index in [-0.39, 0.29) is 12.6 Å². The first kappa shape index (κ1) is 19.0. The van der Waals surface area contributed by atoms with Crippen LogP contribution in [0, 0.1) is 19.8 Å². The number of aryl methyl sites for hydroxylation is 2. The van der Waals surface area contributed by atoms with Crippen LogP contribution >= 0.6 is 0 Å². The zero-order valence-corrected chi connectivity index (χ0v) is 15.4. The third-order valence-corrected chi connectivity index (χ3v) is 3.91. The number of hydrogen-bond acceptors (Lipinski definition) is 3. The average molecular weight is 344 g/mol. The Hall–Kier alpha value is -2.34. The maximum Gasteiger partial charge on any atom is 0.315 e. The molecule has 0 radical (unpaired) electrons. The lowest BCUT2D eigenvalue weighted by Crippen LogP contribution is -2.39. The van der Waals surface area contributed by atoms with E-state index in [0.717, 1.165) is 22.6 Å². The minimum absolute atomic E-state index is 0.253. The van der Waals surface area contributed by atoms with Gasteiger partial charge in [0.15, 0.2) is 0 Å². The molecule has 0 aliphatic heterocycles. The summed E-state index contributed by atoms with van der Waals surface area (Å²) in [6.45, 7) is 8.69. The minimum atomic E-state index is -0.521. The van der Waals surface area contributed by atoms with Crippen LogP contribution in [-0.2, 0) is 6.54 Å². The highest BCUT2D eigenvalue weighted by molar-refractivity contribution is 5.74. The second kappa shape index (κ2) is 8.67. The van der Waals surface area contributed by atoms with E-state index in [4.69, 9.17) is 0 Å². The van der Waals surface area contributed by atoms with Gasteiger partial charge in [0.25, 0.3) is 0 Å². The van der Waals surface area contributed by atoms with Gasteiger partial charge < -0.3 is 15.7 Å². The second-order valence-electron chi connectivity index (χ2n) is 6.81. The number of amides is 2. The fraction of sp³-hybridized carbons (Fsp3) is 0.474. The van der Waals surface area contributed by atoms with Crippen molar-refractivity contribution in [2.75, 3.05) is 6.54 Å². The fourth-order valence-electron chi connectivity index (χ4n) is 2.82. The van der Waals surface area contributed by atoms with Gasteiger partial charge in [0.2, 0.25) is 0 Å². The largest absolute Gasteiger partial charge is 0.391 e. The number of benzene rings is 1. The van der Waals surface area contributed by atoms with E-state index in [1.54, 1.807) is 0 Å². The number of carbonyl (C=O) groups is 1. The highest BCUT2D eigenvalue weighted by Crippen LogP contribution is 2.16. The van der Waals surface area contributed by atoms with Crippen LogP contribution in [-0.4, -0.2) is 33.6 Å². The van der Waals surface area contributed by atoms with Crippen LogP contribution in [0.3, 0.4) is 0 Å². The van der Waals surface area contributed by atoms with Crippen molar-refractivity contribution in [2.24, 2.45) is 5.92 Å². The van der Waals surface area contributed by atoms with E-state index in [2.05, 4.69) is 15.7 Å². The lowest BCUT2D eigenvalue weighted by atomic mass is 10.1. The zero-order valence-electron chi connectivity index (χ0n) is 15.4. The lowest BCUT2D eigenvalue weighted by Gasteiger charge is -2.15. The summed E-state index contributed by atoms with van der Waals surface area (Å²) in [7, 11) is 0. The Kier molecular flexibility index (Phi) is 6.58. The number of aliphatic hydroxyl groups is 1. The Morgan fingerprint density at radius 2 is 1.96 bits per heavy atom. The van der Waals surface area contributed by atoms with Crippen molar-refractivity contribution in [2.45, 2.75) is 46.8 Å². The van der Waals surface area contributed by atoms with Gasteiger partial charge in [0.1, 0.15) is 0 Å². The Balaban J connectivity index is 1.95. The van der Waals surface area contributed by atoms with Gasteiger partial charge in [-0.15, -0.1) is 0 Å². The summed E-state index contributed by atoms with van der Waals surface area (Å²) in [5.41, 5.74) is 3.93. The number of para-hydroxylation sites is 1. The molecule has 1 unspecified atom stereocenters. The molecule has 0 aliphatic carbocycles. The summed E-state index contributed by atoms with van der Waals surface area (Å²) in [6.07, 6.45) is 0.147. The van der Waals surface area contributed by atoms with Crippen molar-refractivity contribution < 1.29 is 9.90 Å². The number of rotatable bonds is 7. The molecule has 6 nitrogen and oxygen atoms in total. The Bertz CT molecular complexity index is 709. The molecule has 2 aromatic rings. The molecule has 0 bridgehead atoms. The molecule has 3 N–H and O–H groups in total. The predicted molar refractivity (Wildman–Crippen MR) is 98.7 cm³/mol. The summed E-state index contributed by atoms with van der Waals surface area (Å²) in [6, 6.07) is 9.59. The normalized spacial score (nSPS) is 12.2. The van der Waals surface area contributed by atoms with E-state index in [9.17, 15) is 9.90 Å². The van der Waals surface area contributed by atoms with Crippen LogP contribution in [0.4, 0.5) is 4.79 Å². The Morgan fingerprint density at radius 3 is 2.60 bits per heavy atom. The quantitative estimate of drug-likeness (QED) is 0.722. The molecule has 0 fully saturated rings. The molecule has 6 heteroatoms. The monoisotopic (exact) mass is 344 g/mol. The molecule has 25 heavy (non-hydrogen) atoms. The van der Waals surface area contributed by atoms with Crippen molar-refractivity contribution in [3.8, 4) is 5.69 Å². The molecular weight excluding hydrogens is 316 g/mol. The van der Waals surface area contributed by atoms with Gasteiger partial charge in [-0.3, -0.25) is 0 Å². The third kappa shape index (κ3) is 5.60. The molecule has 1 heterocycles. The van der Waals surface area contributed by atoms with E-state index in [0.29, 0.717) is 18.9 Å². The van der Waals surface area contributed by atoms with Gasteiger partial charge in [-0.05, 0) is 43.9 Å². The number of hydrogen-bond donors (Lipinski definition) is 3. The van der Waals surface area contributed by atoms with Gasteiger partial charge in [-0.1, -0.05) is 32.0 Å². The smallest absolute Gasteiger partial charge is 0.315 e. The third-order valence-electron chi connectivity index (χ3n) is 3.91. The van der Waals surface area contributed by atoms with E-state index >= 15 is 0 Å². The molecule has 2 amide bonds. The summed E-state index contributed by atoms with van der Waals surface area (Å²) >= 11 is 0. The molecule has 0 saturated heterocycles. The van der Waals surface area contributed by atoms with Crippen LogP contribution in [0.1, 0.15) is 37.2 Å². The molecular formula is C19H28N4O2. The van der Waals surface area contributed by atoms with Gasteiger partial charge in [-0.2, -0.15) is 5.10 Å². The first-order valence-electron chi connectivity index (χ1n) is 8.68. The standard InChI is InChI=1S/C19H28N4O2/c1-13(2)9-17(24)12-21-19(25)20-11-16-7-5-6-8-18(16)23-15(4)10-14(3)22-23/h5-8,10,13,17,24H,9,11-12H2,1-4H3,(H2,20,21,25). The van der Waals surface area contributed by atoms with Crippen molar-refractivity contribution in [3.05, 3.63) is 47.3 Å².